The fraction of sp³-hybridized carbons (Fsp3) is 0.238. The molecule has 0 aliphatic rings. The third kappa shape index (κ3) is 4.84. The Balaban J connectivity index is 1.54. The number of nitrogens with zero attached hydrogens (tertiary/aromatic N) is 2. The number of thioether (sulfide) groups is 1. The van der Waals surface area contributed by atoms with Crippen LogP contribution in [0.4, 0.5) is 0 Å². The Kier molecular flexibility index (Phi) is 6.26. The Hall–Kier alpha value is -2.37. The van der Waals surface area contributed by atoms with Gasteiger partial charge in [-0.15, -0.1) is 0 Å². The molecule has 0 aliphatic carbocycles. The number of carbonyl (C=O) groups is 1. The predicted octanol–water partition coefficient (Wildman–Crippen LogP) is 3.75. The van der Waals surface area contributed by atoms with Gasteiger partial charge in [0.1, 0.15) is 0 Å². The molecular formula is C21H23N3OS. The van der Waals surface area contributed by atoms with E-state index in [0.29, 0.717) is 12.3 Å². The first-order valence-electron chi connectivity index (χ1n) is 8.60. The first-order chi connectivity index (χ1) is 12.6. The van der Waals surface area contributed by atoms with Crippen molar-refractivity contribution in [3.05, 3.63) is 72.3 Å². The summed E-state index contributed by atoms with van der Waals surface area (Å²) in [6.07, 6.45) is 0. The number of amides is 1. The van der Waals surface area contributed by atoms with Gasteiger partial charge in [0, 0.05) is 11.9 Å². The van der Waals surface area contributed by atoms with E-state index in [1.165, 1.54) is 17.3 Å². The van der Waals surface area contributed by atoms with E-state index in [2.05, 4.69) is 27.3 Å². The van der Waals surface area contributed by atoms with E-state index in [9.17, 15) is 4.79 Å². The topological polar surface area (TPSA) is 45.2 Å². The van der Waals surface area contributed by atoms with Crippen LogP contribution < -0.4 is 5.32 Å². The number of carbonyl (C=O) groups excluding carboxylic acids is 1. The maximum absolute atomic E-state index is 12.3. The lowest BCUT2D eigenvalue weighted by molar-refractivity contribution is -0.118. The van der Waals surface area contributed by atoms with Crippen molar-refractivity contribution in [2.75, 3.05) is 26.4 Å². The number of pyridine rings is 1. The maximum Gasteiger partial charge on any atom is 0.230 e. The summed E-state index contributed by atoms with van der Waals surface area (Å²) in [5.74, 6) is 0.382. The molecule has 4 nitrogen and oxygen atoms in total. The zero-order chi connectivity index (χ0) is 18.4. The lowest BCUT2D eigenvalue weighted by atomic mass is 10.1. The van der Waals surface area contributed by atoms with Gasteiger partial charge in [-0.2, -0.15) is 0 Å². The van der Waals surface area contributed by atoms with Crippen molar-refractivity contribution < 1.29 is 4.79 Å². The van der Waals surface area contributed by atoms with Crippen molar-refractivity contribution in [3.8, 4) is 0 Å². The Morgan fingerprint density at radius 1 is 1.04 bits per heavy atom. The first kappa shape index (κ1) is 18.4. The molecule has 3 aromatic rings. The molecule has 0 saturated carbocycles. The quantitative estimate of drug-likeness (QED) is 0.648. The molecule has 3 rings (SSSR count). The van der Waals surface area contributed by atoms with Gasteiger partial charge in [0.15, 0.2) is 0 Å². The van der Waals surface area contributed by atoms with Gasteiger partial charge in [-0.3, -0.25) is 4.79 Å². The van der Waals surface area contributed by atoms with Gasteiger partial charge in [0.25, 0.3) is 0 Å². The molecule has 26 heavy (non-hydrogen) atoms. The highest BCUT2D eigenvalue weighted by molar-refractivity contribution is 7.99. The Morgan fingerprint density at radius 2 is 1.77 bits per heavy atom. The van der Waals surface area contributed by atoms with Gasteiger partial charge in [0.2, 0.25) is 5.91 Å². The molecule has 0 saturated heterocycles. The summed E-state index contributed by atoms with van der Waals surface area (Å²) in [7, 11) is 4.05. The second-order valence-corrected chi connectivity index (χ2v) is 7.32. The molecule has 1 aromatic heterocycles. The van der Waals surface area contributed by atoms with Crippen molar-refractivity contribution in [2.45, 2.75) is 11.1 Å². The van der Waals surface area contributed by atoms with Crippen molar-refractivity contribution in [3.63, 3.8) is 0 Å². The van der Waals surface area contributed by atoms with Gasteiger partial charge in [0.05, 0.1) is 22.3 Å². The summed E-state index contributed by atoms with van der Waals surface area (Å²) in [5.41, 5.74) is 2.15. The van der Waals surface area contributed by atoms with Crippen LogP contribution in [0.15, 0.2) is 71.8 Å². The smallest absolute Gasteiger partial charge is 0.230 e. The van der Waals surface area contributed by atoms with Gasteiger partial charge >= 0.3 is 0 Å². The number of nitrogens with one attached hydrogen (secondary N) is 1. The van der Waals surface area contributed by atoms with E-state index in [-0.39, 0.29) is 11.9 Å². The highest BCUT2D eigenvalue weighted by Crippen LogP contribution is 2.20. The number of rotatable bonds is 7. The van der Waals surface area contributed by atoms with E-state index in [4.69, 9.17) is 0 Å². The van der Waals surface area contributed by atoms with Gasteiger partial charge < -0.3 is 10.2 Å². The van der Waals surface area contributed by atoms with Crippen LogP contribution in [0.1, 0.15) is 11.6 Å². The Labute approximate surface area is 158 Å². The number of hydrogen-bond acceptors (Lipinski definition) is 4. The third-order valence-corrected chi connectivity index (χ3v) is 5.15. The molecule has 0 aliphatic heterocycles. The number of para-hydroxylation sites is 1. The van der Waals surface area contributed by atoms with Crippen LogP contribution in [0.2, 0.25) is 0 Å². The molecule has 0 radical (unpaired) electrons. The Bertz CT molecular complexity index is 867. The van der Waals surface area contributed by atoms with Crippen molar-refractivity contribution in [2.24, 2.45) is 0 Å². The van der Waals surface area contributed by atoms with Crippen molar-refractivity contribution in [1.82, 2.24) is 15.2 Å². The molecule has 134 valence electrons. The lowest BCUT2D eigenvalue weighted by Gasteiger charge is -2.25. The fourth-order valence-electron chi connectivity index (χ4n) is 2.80. The van der Waals surface area contributed by atoms with Crippen LogP contribution in [0.3, 0.4) is 0 Å². The van der Waals surface area contributed by atoms with Crippen LogP contribution in [0, 0.1) is 0 Å². The zero-order valence-corrected chi connectivity index (χ0v) is 15.9. The number of fused-ring (bicyclic) bond motifs is 1. The van der Waals surface area contributed by atoms with E-state index < -0.39 is 0 Å². The van der Waals surface area contributed by atoms with Gasteiger partial charge in [-0.25, -0.2) is 4.98 Å². The van der Waals surface area contributed by atoms with Crippen molar-refractivity contribution in [1.29, 1.82) is 0 Å². The molecule has 5 heteroatoms. The molecular weight excluding hydrogens is 342 g/mol. The van der Waals surface area contributed by atoms with E-state index >= 15 is 0 Å². The summed E-state index contributed by atoms with van der Waals surface area (Å²) >= 11 is 1.46. The minimum Gasteiger partial charge on any atom is -0.353 e. The van der Waals surface area contributed by atoms with E-state index in [1.807, 2.05) is 68.7 Å². The second-order valence-electron chi connectivity index (χ2n) is 6.33. The largest absolute Gasteiger partial charge is 0.353 e. The summed E-state index contributed by atoms with van der Waals surface area (Å²) in [4.78, 5) is 19.0. The number of aromatic nitrogens is 1. The number of benzene rings is 2. The summed E-state index contributed by atoms with van der Waals surface area (Å²) < 4.78 is 0. The zero-order valence-electron chi connectivity index (χ0n) is 15.1. The average Bonchev–Trinajstić information content (AvgIpc) is 2.67. The predicted molar refractivity (Wildman–Crippen MR) is 108 cm³/mol. The molecule has 0 unspecified atom stereocenters. The molecule has 2 aromatic carbocycles. The highest BCUT2D eigenvalue weighted by Gasteiger charge is 2.15. The third-order valence-electron chi connectivity index (χ3n) is 4.22. The van der Waals surface area contributed by atoms with Crippen LogP contribution in [0.25, 0.3) is 10.9 Å². The maximum atomic E-state index is 12.3. The molecule has 0 fully saturated rings. The standard InChI is InChI=1S/C21H23N3OS/c1-24(2)19(17-9-4-3-5-10-17)14-22-20(25)15-26-21-13-12-16-8-6-7-11-18(16)23-21/h3-13,19H,14-15H2,1-2H3,(H,22,25)/t19-/m0/s1. The first-order valence-corrected chi connectivity index (χ1v) is 9.59. The van der Waals surface area contributed by atoms with Crippen LogP contribution in [-0.4, -0.2) is 42.2 Å². The fourth-order valence-corrected chi connectivity index (χ4v) is 3.51. The summed E-state index contributed by atoms with van der Waals surface area (Å²) in [6, 6.07) is 22.4. The van der Waals surface area contributed by atoms with Crippen molar-refractivity contribution >= 4 is 28.6 Å². The molecule has 1 amide bonds. The summed E-state index contributed by atoms with van der Waals surface area (Å²) in [6.45, 7) is 0.585. The average molecular weight is 366 g/mol. The van der Waals surface area contributed by atoms with Gasteiger partial charge in [-0.05, 0) is 31.8 Å². The normalized spacial score (nSPS) is 12.3. The van der Waals surface area contributed by atoms with Gasteiger partial charge in [-0.1, -0.05) is 66.4 Å². The lowest BCUT2D eigenvalue weighted by Crippen LogP contribution is -2.35. The van der Waals surface area contributed by atoms with Crippen LogP contribution >= 0.6 is 11.8 Å². The van der Waals surface area contributed by atoms with E-state index in [0.717, 1.165) is 15.9 Å². The molecule has 0 spiro atoms. The van der Waals surface area contributed by atoms with E-state index in [1.54, 1.807) is 0 Å². The summed E-state index contributed by atoms with van der Waals surface area (Å²) in [5, 5.41) is 5.02. The van der Waals surface area contributed by atoms with Crippen LogP contribution in [0.5, 0.6) is 0 Å². The minimum absolute atomic E-state index is 0.0211. The second kappa shape index (κ2) is 8.83. The molecule has 0 bridgehead atoms. The highest BCUT2D eigenvalue weighted by atomic mass is 32.2. The minimum atomic E-state index is 0.0211. The molecule has 1 N–H and O–H groups in total. The number of likely N-dealkylation sites (N-methyl/N-ethyl adjacent to an activating group) is 1. The SMILES string of the molecule is CN(C)[C@@H](CNC(=O)CSc1ccc2ccccc2n1)c1ccccc1. The number of hydrogen-bond donors (Lipinski definition) is 1. The monoisotopic (exact) mass is 365 g/mol. The molecule has 1 atom stereocenters. The van der Waals surface area contributed by atoms with Crippen LogP contribution in [-0.2, 0) is 4.79 Å². The Morgan fingerprint density at radius 3 is 2.54 bits per heavy atom. The molecule has 1 heterocycles.